The van der Waals surface area contributed by atoms with E-state index in [9.17, 15) is 9.59 Å². The predicted octanol–water partition coefficient (Wildman–Crippen LogP) is 1.70. The molecule has 2 heterocycles. The lowest BCUT2D eigenvalue weighted by molar-refractivity contribution is -0.0763. The van der Waals surface area contributed by atoms with Crippen LogP contribution in [0.2, 0.25) is 0 Å². The number of amides is 1. The van der Waals surface area contributed by atoms with Crippen LogP contribution in [0.5, 0.6) is 0 Å². The van der Waals surface area contributed by atoms with Crippen LogP contribution >= 0.6 is 11.3 Å². The predicted molar refractivity (Wildman–Crippen MR) is 67.2 cm³/mol. The summed E-state index contributed by atoms with van der Waals surface area (Å²) in [4.78, 5) is 25.4. The highest BCUT2D eigenvalue weighted by Crippen LogP contribution is 2.22. The van der Waals surface area contributed by atoms with Gasteiger partial charge in [-0.2, -0.15) is 0 Å². The van der Waals surface area contributed by atoms with E-state index >= 15 is 0 Å². The lowest BCUT2D eigenvalue weighted by atomic mass is 10.1. The van der Waals surface area contributed by atoms with Gasteiger partial charge in [-0.3, -0.25) is 4.79 Å². The van der Waals surface area contributed by atoms with Gasteiger partial charge in [0.25, 0.3) is 5.91 Å². The first kappa shape index (κ1) is 13.0. The van der Waals surface area contributed by atoms with E-state index in [1.165, 1.54) is 6.07 Å². The number of thiophene rings is 1. The first-order valence-corrected chi connectivity index (χ1v) is 6.47. The minimum Gasteiger partial charge on any atom is -0.477 e. The number of carboxylic acids is 1. The molecule has 0 unspecified atom stereocenters. The van der Waals surface area contributed by atoms with Gasteiger partial charge >= 0.3 is 5.97 Å². The molecular formula is C12H15NO4S. The molecule has 1 aliphatic rings. The molecule has 0 radical (unpaired) electrons. The van der Waals surface area contributed by atoms with Crippen LogP contribution in [0.1, 0.15) is 33.2 Å². The fourth-order valence-electron chi connectivity index (χ4n) is 1.91. The second-order valence-electron chi connectivity index (χ2n) is 4.80. The summed E-state index contributed by atoms with van der Waals surface area (Å²) in [6.07, 6.45) is 0. The van der Waals surface area contributed by atoms with Crippen molar-refractivity contribution in [3.63, 3.8) is 0 Å². The van der Waals surface area contributed by atoms with Gasteiger partial charge in [-0.05, 0) is 26.0 Å². The number of morpholine rings is 1. The van der Waals surface area contributed by atoms with Gasteiger partial charge in [-0.15, -0.1) is 11.3 Å². The van der Waals surface area contributed by atoms with Crippen molar-refractivity contribution in [3.05, 3.63) is 21.9 Å². The summed E-state index contributed by atoms with van der Waals surface area (Å²) in [7, 11) is 0. The third-order valence-corrected chi connectivity index (χ3v) is 3.80. The smallest absolute Gasteiger partial charge is 0.345 e. The molecule has 1 aromatic heterocycles. The van der Waals surface area contributed by atoms with Crippen LogP contribution in [-0.4, -0.2) is 47.2 Å². The van der Waals surface area contributed by atoms with Gasteiger partial charge < -0.3 is 14.7 Å². The first-order valence-electron chi connectivity index (χ1n) is 5.65. The van der Waals surface area contributed by atoms with Crippen molar-refractivity contribution in [2.24, 2.45) is 0 Å². The lowest BCUT2D eigenvalue weighted by Gasteiger charge is -2.37. The number of nitrogens with zero attached hydrogens (tertiary/aromatic N) is 1. The zero-order chi connectivity index (χ0) is 13.3. The third-order valence-electron chi connectivity index (χ3n) is 2.74. The average Bonchev–Trinajstić information content (AvgIpc) is 2.76. The standard InChI is InChI=1S/C12H15NO4S/c1-12(2)7-13(5-6-17-12)10(14)8-3-4-9(18-8)11(15)16/h3-4H,5-7H2,1-2H3,(H,15,16). The second-order valence-corrected chi connectivity index (χ2v) is 5.89. The van der Waals surface area contributed by atoms with Crippen LogP contribution < -0.4 is 0 Å². The molecule has 0 aliphatic carbocycles. The van der Waals surface area contributed by atoms with E-state index in [0.29, 0.717) is 24.6 Å². The van der Waals surface area contributed by atoms with E-state index in [-0.39, 0.29) is 16.4 Å². The summed E-state index contributed by atoms with van der Waals surface area (Å²) in [5, 5.41) is 8.84. The van der Waals surface area contributed by atoms with E-state index in [1.807, 2.05) is 13.8 Å². The van der Waals surface area contributed by atoms with Crippen molar-refractivity contribution in [2.75, 3.05) is 19.7 Å². The summed E-state index contributed by atoms with van der Waals surface area (Å²) < 4.78 is 5.54. The van der Waals surface area contributed by atoms with Gasteiger partial charge in [0, 0.05) is 13.1 Å². The number of rotatable bonds is 2. The normalized spacial score (nSPS) is 18.7. The summed E-state index contributed by atoms with van der Waals surface area (Å²) in [5.41, 5.74) is -0.346. The number of ether oxygens (including phenoxy) is 1. The Morgan fingerprint density at radius 1 is 1.39 bits per heavy atom. The van der Waals surface area contributed by atoms with Crippen molar-refractivity contribution < 1.29 is 19.4 Å². The minimum absolute atomic E-state index is 0.121. The van der Waals surface area contributed by atoms with Crippen molar-refractivity contribution in [3.8, 4) is 0 Å². The van der Waals surface area contributed by atoms with Crippen LogP contribution in [-0.2, 0) is 4.74 Å². The highest BCUT2D eigenvalue weighted by atomic mass is 32.1. The molecule has 1 amide bonds. The number of aromatic carboxylic acids is 1. The third kappa shape index (κ3) is 2.70. The van der Waals surface area contributed by atoms with Crippen LogP contribution in [0.15, 0.2) is 12.1 Å². The zero-order valence-corrected chi connectivity index (χ0v) is 11.1. The first-order chi connectivity index (χ1) is 8.39. The Kier molecular flexibility index (Phi) is 3.41. The molecule has 1 N–H and O–H groups in total. The zero-order valence-electron chi connectivity index (χ0n) is 10.3. The Morgan fingerprint density at radius 2 is 2.06 bits per heavy atom. The van der Waals surface area contributed by atoms with E-state index < -0.39 is 5.97 Å². The summed E-state index contributed by atoms with van der Waals surface area (Å²) >= 11 is 1.01. The minimum atomic E-state index is -0.999. The number of carbonyl (C=O) groups is 2. The maximum Gasteiger partial charge on any atom is 0.345 e. The average molecular weight is 269 g/mol. The molecule has 1 aliphatic heterocycles. The number of hydrogen-bond acceptors (Lipinski definition) is 4. The SMILES string of the molecule is CC1(C)CN(C(=O)c2ccc(C(=O)O)s2)CCO1. The summed E-state index contributed by atoms with van der Waals surface area (Å²) in [6.45, 7) is 5.44. The molecule has 0 atom stereocenters. The van der Waals surface area contributed by atoms with Crippen molar-refractivity contribution in [1.29, 1.82) is 0 Å². The molecule has 0 bridgehead atoms. The van der Waals surface area contributed by atoms with Crippen molar-refractivity contribution in [1.82, 2.24) is 4.90 Å². The molecule has 1 aromatic rings. The van der Waals surface area contributed by atoms with Crippen LogP contribution in [0, 0.1) is 0 Å². The Hall–Kier alpha value is -1.40. The summed E-state index contributed by atoms with van der Waals surface area (Å²) in [6, 6.07) is 3.03. The molecule has 0 spiro atoms. The van der Waals surface area contributed by atoms with E-state index in [2.05, 4.69) is 0 Å². The highest BCUT2D eigenvalue weighted by Gasteiger charge is 2.31. The largest absolute Gasteiger partial charge is 0.477 e. The molecule has 0 saturated carbocycles. The van der Waals surface area contributed by atoms with Gasteiger partial charge in [-0.1, -0.05) is 0 Å². The number of hydrogen-bond donors (Lipinski definition) is 1. The molecule has 2 rings (SSSR count). The van der Waals surface area contributed by atoms with Gasteiger partial charge in [-0.25, -0.2) is 4.79 Å². The van der Waals surface area contributed by atoms with Crippen LogP contribution in [0.4, 0.5) is 0 Å². The van der Waals surface area contributed by atoms with Crippen LogP contribution in [0.3, 0.4) is 0 Å². The molecular weight excluding hydrogens is 254 g/mol. The van der Waals surface area contributed by atoms with E-state index in [1.54, 1.807) is 11.0 Å². The summed E-state index contributed by atoms with van der Waals surface area (Å²) in [5.74, 6) is -1.12. The van der Waals surface area contributed by atoms with Gasteiger partial charge in [0.15, 0.2) is 0 Å². The fourth-order valence-corrected chi connectivity index (χ4v) is 2.73. The van der Waals surface area contributed by atoms with Gasteiger partial charge in [0.05, 0.1) is 17.1 Å². The highest BCUT2D eigenvalue weighted by molar-refractivity contribution is 7.15. The Balaban J connectivity index is 2.13. The van der Waals surface area contributed by atoms with E-state index in [0.717, 1.165) is 11.3 Å². The molecule has 18 heavy (non-hydrogen) atoms. The van der Waals surface area contributed by atoms with E-state index in [4.69, 9.17) is 9.84 Å². The van der Waals surface area contributed by atoms with Crippen molar-refractivity contribution in [2.45, 2.75) is 19.4 Å². The Bertz CT molecular complexity index is 480. The number of carbonyl (C=O) groups excluding carboxylic acids is 1. The number of carboxylic acid groups (broad SMARTS) is 1. The Labute approximate surface area is 109 Å². The molecule has 5 nitrogen and oxygen atoms in total. The molecule has 1 fully saturated rings. The Morgan fingerprint density at radius 3 is 2.61 bits per heavy atom. The molecule has 98 valence electrons. The fraction of sp³-hybridized carbons (Fsp3) is 0.500. The van der Waals surface area contributed by atoms with Gasteiger partial charge in [0.2, 0.25) is 0 Å². The monoisotopic (exact) mass is 269 g/mol. The molecule has 0 aromatic carbocycles. The van der Waals surface area contributed by atoms with Crippen molar-refractivity contribution >= 4 is 23.2 Å². The van der Waals surface area contributed by atoms with Gasteiger partial charge in [0.1, 0.15) is 4.88 Å². The maximum absolute atomic E-state index is 12.2. The topological polar surface area (TPSA) is 66.8 Å². The van der Waals surface area contributed by atoms with Crippen LogP contribution in [0.25, 0.3) is 0 Å². The second kappa shape index (κ2) is 4.70. The maximum atomic E-state index is 12.2. The molecule has 6 heteroatoms. The quantitative estimate of drug-likeness (QED) is 0.887. The lowest BCUT2D eigenvalue weighted by Crippen LogP contribution is -2.50. The molecule has 1 saturated heterocycles.